The molecule has 5 rings (SSSR count). The Labute approximate surface area is 148 Å². The number of para-hydroxylation sites is 1. The predicted octanol–water partition coefficient (Wildman–Crippen LogP) is 3.22. The monoisotopic (exact) mass is 341 g/mol. The molecule has 0 amide bonds. The molecule has 3 heterocycles. The lowest BCUT2D eigenvalue weighted by atomic mass is 9.85. The third kappa shape index (κ3) is 2.98. The first-order valence-corrected chi connectivity index (χ1v) is 9.74. The van der Waals surface area contributed by atoms with Crippen molar-refractivity contribution in [3.63, 3.8) is 0 Å². The second-order valence-corrected chi connectivity index (χ2v) is 7.90. The van der Waals surface area contributed by atoms with Gasteiger partial charge in [0, 0.05) is 37.9 Å². The number of likely N-dealkylation sites (tertiary alicyclic amines) is 1. The number of ether oxygens (including phenoxy) is 2. The molecule has 2 aliphatic heterocycles. The standard InChI is InChI=1S/C20H27N3O2/c1-2-4-19-17(3-1)13-21-23(19)18-7-10-22(15-18)14-16-5-8-20(9-6-16)24-11-12-25-20/h1-4,13,16,18H,5-12,14-15H2. The molecule has 1 spiro atoms. The van der Waals surface area contributed by atoms with E-state index in [1.54, 1.807) is 0 Å². The number of rotatable bonds is 3. The molecule has 0 radical (unpaired) electrons. The Morgan fingerprint density at radius 1 is 1.08 bits per heavy atom. The van der Waals surface area contributed by atoms with Crippen LogP contribution in [0.3, 0.4) is 0 Å². The van der Waals surface area contributed by atoms with Crippen LogP contribution in [0.2, 0.25) is 0 Å². The van der Waals surface area contributed by atoms with Crippen molar-refractivity contribution < 1.29 is 9.47 Å². The molecule has 1 aromatic heterocycles. The highest BCUT2D eigenvalue weighted by Crippen LogP contribution is 2.39. The summed E-state index contributed by atoms with van der Waals surface area (Å²) in [6, 6.07) is 9.04. The van der Waals surface area contributed by atoms with Crippen molar-refractivity contribution in [1.82, 2.24) is 14.7 Å². The van der Waals surface area contributed by atoms with E-state index in [9.17, 15) is 0 Å². The van der Waals surface area contributed by atoms with Crippen LogP contribution in [0.15, 0.2) is 30.5 Å². The van der Waals surface area contributed by atoms with Gasteiger partial charge in [-0.25, -0.2) is 0 Å². The van der Waals surface area contributed by atoms with Gasteiger partial charge in [-0.3, -0.25) is 4.68 Å². The maximum atomic E-state index is 5.86. The summed E-state index contributed by atoms with van der Waals surface area (Å²) in [5, 5.41) is 5.91. The minimum absolute atomic E-state index is 0.224. The van der Waals surface area contributed by atoms with Gasteiger partial charge in [0.15, 0.2) is 5.79 Å². The second kappa shape index (κ2) is 6.38. The van der Waals surface area contributed by atoms with Gasteiger partial charge in [-0.2, -0.15) is 5.10 Å². The molecule has 1 atom stereocenters. The van der Waals surface area contributed by atoms with Crippen LogP contribution in [0.5, 0.6) is 0 Å². The number of benzene rings is 1. The van der Waals surface area contributed by atoms with E-state index in [0.717, 1.165) is 38.5 Å². The maximum Gasteiger partial charge on any atom is 0.168 e. The number of nitrogens with zero attached hydrogens (tertiary/aromatic N) is 3. The molecule has 25 heavy (non-hydrogen) atoms. The molecule has 3 fully saturated rings. The fourth-order valence-electron chi connectivity index (χ4n) is 4.91. The van der Waals surface area contributed by atoms with Crippen molar-refractivity contribution in [2.45, 2.75) is 43.9 Å². The first-order chi connectivity index (χ1) is 12.3. The molecular formula is C20H27N3O2. The minimum Gasteiger partial charge on any atom is -0.348 e. The first-order valence-electron chi connectivity index (χ1n) is 9.74. The largest absolute Gasteiger partial charge is 0.348 e. The van der Waals surface area contributed by atoms with Gasteiger partial charge in [0.2, 0.25) is 0 Å². The smallest absolute Gasteiger partial charge is 0.168 e. The topological polar surface area (TPSA) is 39.5 Å². The Kier molecular flexibility index (Phi) is 4.03. The zero-order chi connectivity index (χ0) is 16.7. The van der Waals surface area contributed by atoms with Gasteiger partial charge in [0.1, 0.15) is 0 Å². The Balaban J connectivity index is 1.19. The van der Waals surface area contributed by atoms with Gasteiger partial charge in [-0.05, 0) is 31.2 Å². The summed E-state index contributed by atoms with van der Waals surface area (Å²) in [7, 11) is 0. The normalized spacial score (nSPS) is 27.6. The van der Waals surface area contributed by atoms with E-state index < -0.39 is 0 Å². The molecule has 5 heteroatoms. The third-order valence-corrected chi connectivity index (χ3v) is 6.30. The summed E-state index contributed by atoms with van der Waals surface area (Å²) < 4.78 is 14.0. The van der Waals surface area contributed by atoms with E-state index >= 15 is 0 Å². The van der Waals surface area contributed by atoms with E-state index in [4.69, 9.17) is 9.47 Å². The predicted molar refractivity (Wildman–Crippen MR) is 96.4 cm³/mol. The Morgan fingerprint density at radius 3 is 2.72 bits per heavy atom. The van der Waals surface area contributed by atoms with Crippen molar-refractivity contribution >= 4 is 10.9 Å². The van der Waals surface area contributed by atoms with Crippen LogP contribution in [0.25, 0.3) is 10.9 Å². The molecule has 0 bridgehead atoms. The highest BCUT2D eigenvalue weighted by Gasteiger charge is 2.40. The average Bonchev–Trinajstić information content (AvgIpc) is 3.37. The molecule has 1 aromatic carbocycles. The van der Waals surface area contributed by atoms with Crippen LogP contribution in [0, 0.1) is 5.92 Å². The summed E-state index contributed by atoms with van der Waals surface area (Å²) in [4.78, 5) is 2.64. The summed E-state index contributed by atoms with van der Waals surface area (Å²) in [6.45, 7) is 5.08. The Morgan fingerprint density at radius 2 is 1.88 bits per heavy atom. The molecule has 2 saturated heterocycles. The SMILES string of the molecule is c1ccc2c(c1)cnn2C1CCN(CC2CCC3(CC2)OCCO3)C1. The first kappa shape index (κ1) is 15.8. The van der Waals surface area contributed by atoms with Crippen molar-refractivity contribution in [2.75, 3.05) is 32.8 Å². The van der Waals surface area contributed by atoms with Crippen molar-refractivity contribution in [2.24, 2.45) is 5.92 Å². The van der Waals surface area contributed by atoms with E-state index in [-0.39, 0.29) is 5.79 Å². The summed E-state index contributed by atoms with van der Waals surface area (Å²) >= 11 is 0. The Hall–Kier alpha value is -1.43. The molecule has 1 saturated carbocycles. The minimum atomic E-state index is -0.224. The van der Waals surface area contributed by atoms with E-state index in [1.807, 2.05) is 6.20 Å². The molecule has 134 valence electrons. The second-order valence-electron chi connectivity index (χ2n) is 7.90. The fraction of sp³-hybridized carbons (Fsp3) is 0.650. The van der Waals surface area contributed by atoms with Crippen molar-refractivity contribution in [1.29, 1.82) is 0 Å². The molecular weight excluding hydrogens is 314 g/mol. The maximum absolute atomic E-state index is 5.86. The van der Waals surface area contributed by atoms with Gasteiger partial charge in [-0.1, -0.05) is 18.2 Å². The third-order valence-electron chi connectivity index (χ3n) is 6.30. The summed E-state index contributed by atoms with van der Waals surface area (Å²) in [6.07, 6.45) is 7.80. The van der Waals surface area contributed by atoms with Crippen LogP contribution in [0.4, 0.5) is 0 Å². The molecule has 3 aliphatic rings. The van der Waals surface area contributed by atoms with Gasteiger partial charge >= 0.3 is 0 Å². The number of hydrogen-bond acceptors (Lipinski definition) is 4. The van der Waals surface area contributed by atoms with Crippen molar-refractivity contribution in [3.05, 3.63) is 30.5 Å². The van der Waals surface area contributed by atoms with Crippen LogP contribution in [-0.4, -0.2) is 53.3 Å². The number of aromatic nitrogens is 2. The van der Waals surface area contributed by atoms with Crippen LogP contribution < -0.4 is 0 Å². The van der Waals surface area contributed by atoms with Crippen LogP contribution in [-0.2, 0) is 9.47 Å². The Bertz CT molecular complexity index is 727. The highest BCUT2D eigenvalue weighted by atomic mass is 16.7. The van der Waals surface area contributed by atoms with Gasteiger partial charge in [-0.15, -0.1) is 0 Å². The molecule has 0 N–H and O–H groups in total. The molecule has 5 nitrogen and oxygen atoms in total. The summed E-state index contributed by atoms with van der Waals surface area (Å²) in [5.41, 5.74) is 1.27. The quantitative estimate of drug-likeness (QED) is 0.859. The van der Waals surface area contributed by atoms with Gasteiger partial charge in [0.25, 0.3) is 0 Å². The van der Waals surface area contributed by atoms with Gasteiger partial charge in [0.05, 0.1) is 31.0 Å². The molecule has 1 aliphatic carbocycles. The van der Waals surface area contributed by atoms with Gasteiger partial charge < -0.3 is 14.4 Å². The lowest BCUT2D eigenvalue weighted by Gasteiger charge is -2.36. The zero-order valence-electron chi connectivity index (χ0n) is 14.8. The van der Waals surface area contributed by atoms with Crippen LogP contribution >= 0.6 is 0 Å². The lowest BCUT2D eigenvalue weighted by Crippen LogP contribution is -2.38. The van der Waals surface area contributed by atoms with E-state index in [2.05, 4.69) is 38.9 Å². The average molecular weight is 341 g/mol. The van der Waals surface area contributed by atoms with E-state index in [0.29, 0.717) is 6.04 Å². The molecule has 1 unspecified atom stereocenters. The molecule has 2 aromatic rings. The summed E-state index contributed by atoms with van der Waals surface area (Å²) in [5.74, 6) is 0.560. The number of hydrogen-bond donors (Lipinski definition) is 0. The van der Waals surface area contributed by atoms with Crippen LogP contribution in [0.1, 0.15) is 38.1 Å². The zero-order valence-corrected chi connectivity index (χ0v) is 14.8. The number of fused-ring (bicyclic) bond motifs is 1. The van der Waals surface area contributed by atoms with Crippen molar-refractivity contribution in [3.8, 4) is 0 Å². The fourth-order valence-corrected chi connectivity index (χ4v) is 4.91. The highest BCUT2D eigenvalue weighted by molar-refractivity contribution is 5.78. The van der Waals surface area contributed by atoms with E-state index in [1.165, 1.54) is 43.3 Å². The lowest BCUT2D eigenvalue weighted by molar-refractivity contribution is -0.183.